The van der Waals surface area contributed by atoms with Crippen LogP contribution in [-0.4, -0.2) is 29.9 Å². The van der Waals surface area contributed by atoms with Crippen molar-refractivity contribution in [2.24, 2.45) is 5.73 Å². The molecule has 1 aromatic heterocycles. The lowest BCUT2D eigenvalue weighted by atomic mass is 10.1. The molecule has 0 radical (unpaired) electrons. The van der Waals surface area contributed by atoms with Gasteiger partial charge in [0.05, 0.1) is 11.8 Å². The minimum atomic E-state index is 0.107. The van der Waals surface area contributed by atoms with E-state index in [4.69, 9.17) is 10.2 Å². The van der Waals surface area contributed by atoms with E-state index in [0.717, 1.165) is 32.2 Å². The Bertz CT molecular complexity index is 387. The standard InChI is InChI=1S/C13H20N2O2/c1-10-12(6-9-17-10)13(16)15-8-3-5-11(15)4-2-7-14/h6,9,11H,2-5,7-8,14H2,1H3. The van der Waals surface area contributed by atoms with Crippen LogP contribution in [0.1, 0.15) is 41.8 Å². The highest BCUT2D eigenvalue weighted by atomic mass is 16.3. The van der Waals surface area contributed by atoms with E-state index >= 15 is 0 Å². The zero-order chi connectivity index (χ0) is 12.3. The van der Waals surface area contributed by atoms with Crippen LogP contribution in [-0.2, 0) is 0 Å². The number of amides is 1. The SMILES string of the molecule is Cc1occc1C(=O)N1CCCC1CCCN. The molecule has 4 heteroatoms. The summed E-state index contributed by atoms with van der Waals surface area (Å²) >= 11 is 0. The Labute approximate surface area is 102 Å². The first-order valence-electron chi connectivity index (χ1n) is 6.29. The van der Waals surface area contributed by atoms with Crippen molar-refractivity contribution in [2.75, 3.05) is 13.1 Å². The summed E-state index contributed by atoms with van der Waals surface area (Å²) in [6.45, 7) is 3.39. The van der Waals surface area contributed by atoms with E-state index in [-0.39, 0.29) is 5.91 Å². The molecule has 1 aromatic rings. The second-order valence-corrected chi connectivity index (χ2v) is 4.62. The third kappa shape index (κ3) is 2.52. The van der Waals surface area contributed by atoms with Crippen molar-refractivity contribution < 1.29 is 9.21 Å². The molecule has 1 aliphatic rings. The number of carbonyl (C=O) groups excluding carboxylic acids is 1. The van der Waals surface area contributed by atoms with Crippen molar-refractivity contribution in [3.05, 3.63) is 23.7 Å². The van der Waals surface area contributed by atoms with Crippen LogP contribution >= 0.6 is 0 Å². The highest BCUT2D eigenvalue weighted by molar-refractivity contribution is 5.95. The Morgan fingerprint density at radius 2 is 2.47 bits per heavy atom. The van der Waals surface area contributed by atoms with Gasteiger partial charge in [0.25, 0.3) is 5.91 Å². The van der Waals surface area contributed by atoms with Crippen LogP contribution in [0.4, 0.5) is 0 Å². The van der Waals surface area contributed by atoms with Gasteiger partial charge in [-0.1, -0.05) is 0 Å². The molecular weight excluding hydrogens is 216 g/mol. The van der Waals surface area contributed by atoms with Gasteiger partial charge in [0.15, 0.2) is 0 Å². The van der Waals surface area contributed by atoms with Crippen molar-refractivity contribution >= 4 is 5.91 Å². The fourth-order valence-electron chi connectivity index (χ4n) is 2.52. The normalized spacial score (nSPS) is 19.9. The topological polar surface area (TPSA) is 59.5 Å². The number of nitrogens with two attached hydrogens (primary N) is 1. The lowest BCUT2D eigenvalue weighted by Crippen LogP contribution is -2.35. The van der Waals surface area contributed by atoms with Gasteiger partial charge >= 0.3 is 0 Å². The van der Waals surface area contributed by atoms with Crippen LogP contribution in [0.5, 0.6) is 0 Å². The molecule has 1 atom stereocenters. The van der Waals surface area contributed by atoms with E-state index in [9.17, 15) is 4.79 Å². The molecule has 0 spiro atoms. The fraction of sp³-hybridized carbons (Fsp3) is 0.615. The Morgan fingerprint density at radius 3 is 3.12 bits per heavy atom. The summed E-state index contributed by atoms with van der Waals surface area (Å²) in [5.41, 5.74) is 6.23. The molecule has 1 aliphatic heterocycles. The van der Waals surface area contributed by atoms with E-state index in [1.165, 1.54) is 0 Å². The van der Waals surface area contributed by atoms with E-state index < -0.39 is 0 Å². The summed E-state index contributed by atoms with van der Waals surface area (Å²) in [4.78, 5) is 14.3. The largest absolute Gasteiger partial charge is 0.469 e. The number of likely N-dealkylation sites (tertiary alicyclic amines) is 1. The predicted octanol–water partition coefficient (Wildman–Crippen LogP) is 1.93. The van der Waals surface area contributed by atoms with Gasteiger partial charge in [-0.25, -0.2) is 0 Å². The first-order chi connectivity index (χ1) is 8.24. The maximum Gasteiger partial charge on any atom is 0.257 e. The highest BCUT2D eigenvalue weighted by Gasteiger charge is 2.30. The maximum absolute atomic E-state index is 12.3. The number of carbonyl (C=O) groups is 1. The van der Waals surface area contributed by atoms with Gasteiger partial charge in [-0.2, -0.15) is 0 Å². The molecule has 1 unspecified atom stereocenters. The molecule has 2 N–H and O–H groups in total. The van der Waals surface area contributed by atoms with Crippen LogP contribution in [0, 0.1) is 6.92 Å². The molecule has 2 heterocycles. The van der Waals surface area contributed by atoms with E-state index in [0.29, 0.717) is 23.9 Å². The molecule has 0 bridgehead atoms. The summed E-state index contributed by atoms with van der Waals surface area (Å²) < 4.78 is 5.19. The van der Waals surface area contributed by atoms with Gasteiger partial charge < -0.3 is 15.1 Å². The van der Waals surface area contributed by atoms with E-state index in [1.54, 1.807) is 12.3 Å². The Balaban J connectivity index is 2.06. The van der Waals surface area contributed by atoms with Crippen molar-refractivity contribution in [1.29, 1.82) is 0 Å². The highest BCUT2D eigenvalue weighted by Crippen LogP contribution is 2.24. The molecule has 1 fully saturated rings. The minimum absolute atomic E-state index is 0.107. The van der Waals surface area contributed by atoms with Gasteiger partial charge in [-0.3, -0.25) is 4.79 Å². The molecule has 17 heavy (non-hydrogen) atoms. The monoisotopic (exact) mass is 236 g/mol. The van der Waals surface area contributed by atoms with Crippen LogP contribution < -0.4 is 5.73 Å². The Kier molecular flexibility index (Phi) is 3.84. The number of hydrogen-bond acceptors (Lipinski definition) is 3. The van der Waals surface area contributed by atoms with Crippen LogP contribution in [0.2, 0.25) is 0 Å². The molecule has 0 aliphatic carbocycles. The molecule has 1 saturated heterocycles. The van der Waals surface area contributed by atoms with Crippen molar-refractivity contribution in [2.45, 2.75) is 38.6 Å². The molecule has 1 amide bonds. The quantitative estimate of drug-likeness (QED) is 0.869. The summed E-state index contributed by atoms with van der Waals surface area (Å²) in [7, 11) is 0. The van der Waals surface area contributed by atoms with Crippen LogP contribution in [0.15, 0.2) is 16.7 Å². The summed E-state index contributed by atoms with van der Waals surface area (Å²) in [6.07, 6.45) is 5.77. The number of rotatable bonds is 4. The average Bonchev–Trinajstić information content (AvgIpc) is 2.94. The number of nitrogens with zero attached hydrogens (tertiary/aromatic N) is 1. The van der Waals surface area contributed by atoms with Crippen LogP contribution in [0.25, 0.3) is 0 Å². The van der Waals surface area contributed by atoms with E-state index in [2.05, 4.69) is 0 Å². The Hall–Kier alpha value is -1.29. The molecule has 0 saturated carbocycles. The smallest absolute Gasteiger partial charge is 0.257 e. The zero-order valence-corrected chi connectivity index (χ0v) is 10.3. The average molecular weight is 236 g/mol. The lowest BCUT2D eigenvalue weighted by Gasteiger charge is -2.24. The second-order valence-electron chi connectivity index (χ2n) is 4.62. The molecule has 94 valence electrons. The van der Waals surface area contributed by atoms with Gasteiger partial charge in [0.1, 0.15) is 5.76 Å². The van der Waals surface area contributed by atoms with Crippen molar-refractivity contribution in [1.82, 2.24) is 4.90 Å². The summed E-state index contributed by atoms with van der Waals surface area (Å²) in [5.74, 6) is 0.815. The molecule has 0 aromatic carbocycles. The molecule has 2 rings (SSSR count). The number of furan rings is 1. The van der Waals surface area contributed by atoms with Gasteiger partial charge in [0.2, 0.25) is 0 Å². The zero-order valence-electron chi connectivity index (χ0n) is 10.3. The third-order valence-electron chi connectivity index (χ3n) is 3.47. The second kappa shape index (κ2) is 5.36. The first-order valence-corrected chi connectivity index (χ1v) is 6.29. The van der Waals surface area contributed by atoms with Gasteiger partial charge in [-0.05, 0) is 45.2 Å². The minimum Gasteiger partial charge on any atom is -0.469 e. The molecule has 4 nitrogen and oxygen atoms in total. The summed E-state index contributed by atoms with van der Waals surface area (Å²) in [6, 6.07) is 2.12. The molecular formula is C13H20N2O2. The number of hydrogen-bond donors (Lipinski definition) is 1. The van der Waals surface area contributed by atoms with E-state index in [1.807, 2.05) is 11.8 Å². The predicted molar refractivity (Wildman–Crippen MR) is 65.8 cm³/mol. The maximum atomic E-state index is 12.3. The first kappa shape index (κ1) is 12.2. The van der Waals surface area contributed by atoms with Crippen molar-refractivity contribution in [3.8, 4) is 0 Å². The van der Waals surface area contributed by atoms with Gasteiger partial charge in [-0.15, -0.1) is 0 Å². The number of aryl methyl sites for hydroxylation is 1. The summed E-state index contributed by atoms with van der Waals surface area (Å²) in [5, 5.41) is 0. The fourth-order valence-corrected chi connectivity index (χ4v) is 2.52. The van der Waals surface area contributed by atoms with Crippen molar-refractivity contribution in [3.63, 3.8) is 0 Å². The Morgan fingerprint density at radius 1 is 1.65 bits per heavy atom. The lowest BCUT2D eigenvalue weighted by molar-refractivity contribution is 0.0727. The third-order valence-corrected chi connectivity index (χ3v) is 3.47. The van der Waals surface area contributed by atoms with Crippen LogP contribution in [0.3, 0.4) is 0 Å². The van der Waals surface area contributed by atoms with Gasteiger partial charge in [0, 0.05) is 12.6 Å².